The summed E-state index contributed by atoms with van der Waals surface area (Å²) >= 11 is 6.34. The molecule has 0 N–H and O–H groups in total. The second kappa shape index (κ2) is 8.87. The van der Waals surface area contributed by atoms with Crippen LogP contribution in [0.2, 0.25) is 5.02 Å². The molecule has 7 heteroatoms. The van der Waals surface area contributed by atoms with Crippen molar-refractivity contribution in [1.82, 2.24) is 5.01 Å². The first kappa shape index (κ1) is 21.5. The number of fused-ring (bicyclic) bond motifs is 3. The smallest absolute Gasteiger partial charge is 0.213 e. The third kappa shape index (κ3) is 3.95. The van der Waals surface area contributed by atoms with Gasteiger partial charge >= 0.3 is 0 Å². The first-order valence-electron chi connectivity index (χ1n) is 10.9. The van der Waals surface area contributed by atoms with Crippen molar-refractivity contribution < 1.29 is 18.9 Å². The van der Waals surface area contributed by atoms with Gasteiger partial charge in [0.15, 0.2) is 11.5 Å². The Hall–Kier alpha value is -3.38. The van der Waals surface area contributed by atoms with Crippen LogP contribution in [0.15, 0.2) is 65.8 Å². The van der Waals surface area contributed by atoms with Gasteiger partial charge in [0.1, 0.15) is 11.5 Å². The number of methoxy groups -OCH3 is 2. The Labute approximate surface area is 198 Å². The van der Waals surface area contributed by atoms with Crippen molar-refractivity contribution in [1.29, 1.82) is 0 Å². The standard InChI is InChI=1S/C26H25ClN2O4/c1-4-32-19-9-5-16(6-10-19)26-29-22(20-14-18(27)8-12-23(20)33-26)15-21(28-29)17-7-11-24(30-2)25(13-17)31-3/h5-14,22,26H,4,15H2,1-3H3/t22-,26+/m0/s1. The quantitative estimate of drug-likeness (QED) is 0.448. The van der Waals surface area contributed by atoms with E-state index in [-0.39, 0.29) is 12.3 Å². The van der Waals surface area contributed by atoms with Gasteiger partial charge < -0.3 is 18.9 Å². The van der Waals surface area contributed by atoms with Crippen LogP contribution in [0, 0.1) is 0 Å². The lowest BCUT2D eigenvalue weighted by molar-refractivity contribution is -0.0190. The molecule has 3 aromatic carbocycles. The van der Waals surface area contributed by atoms with Crippen LogP contribution in [0.3, 0.4) is 0 Å². The number of hydrogen-bond donors (Lipinski definition) is 0. The lowest BCUT2D eigenvalue weighted by Gasteiger charge is -2.38. The summed E-state index contributed by atoms with van der Waals surface area (Å²) in [6.07, 6.45) is 0.358. The predicted molar refractivity (Wildman–Crippen MR) is 128 cm³/mol. The predicted octanol–water partition coefficient (Wildman–Crippen LogP) is 6.00. The molecule has 0 bridgehead atoms. The van der Waals surface area contributed by atoms with E-state index in [4.69, 9.17) is 35.6 Å². The van der Waals surface area contributed by atoms with E-state index in [0.717, 1.165) is 40.3 Å². The van der Waals surface area contributed by atoms with Gasteiger partial charge in [-0.05, 0) is 67.6 Å². The molecule has 0 aliphatic carbocycles. The van der Waals surface area contributed by atoms with E-state index in [9.17, 15) is 0 Å². The summed E-state index contributed by atoms with van der Waals surface area (Å²) < 4.78 is 22.9. The fourth-order valence-electron chi connectivity index (χ4n) is 4.36. The molecule has 0 saturated heterocycles. The average molecular weight is 465 g/mol. The lowest BCUT2D eigenvalue weighted by Crippen LogP contribution is -2.33. The van der Waals surface area contributed by atoms with Crippen molar-refractivity contribution in [2.45, 2.75) is 25.6 Å². The van der Waals surface area contributed by atoms with Gasteiger partial charge in [0.2, 0.25) is 6.23 Å². The Morgan fingerprint density at radius 2 is 1.79 bits per heavy atom. The molecule has 0 radical (unpaired) electrons. The van der Waals surface area contributed by atoms with Gasteiger partial charge in [0.05, 0.1) is 32.6 Å². The Balaban J connectivity index is 1.55. The van der Waals surface area contributed by atoms with E-state index in [0.29, 0.717) is 23.1 Å². The summed E-state index contributed by atoms with van der Waals surface area (Å²) in [6.45, 7) is 2.60. The van der Waals surface area contributed by atoms with Crippen molar-refractivity contribution >= 4 is 17.3 Å². The molecule has 0 spiro atoms. The van der Waals surface area contributed by atoms with Crippen molar-refractivity contribution in [2.24, 2.45) is 5.10 Å². The number of benzene rings is 3. The van der Waals surface area contributed by atoms with Crippen LogP contribution in [0.5, 0.6) is 23.0 Å². The minimum absolute atomic E-state index is 0.00659. The number of ether oxygens (including phenoxy) is 4. The minimum Gasteiger partial charge on any atom is -0.494 e. The molecule has 2 heterocycles. The average Bonchev–Trinajstić information content (AvgIpc) is 3.30. The second-order valence-corrected chi connectivity index (χ2v) is 8.31. The number of rotatable bonds is 6. The van der Waals surface area contributed by atoms with E-state index in [2.05, 4.69) is 0 Å². The number of halogens is 1. The van der Waals surface area contributed by atoms with E-state index in [1.165, 1.54) is 0 Å². The SMILES string of the molecule is CCOc1ccc([C@H]2Oc3ccc(Cl)cc3[C@@H]3CC(c4ccc(OC)c(OC)c4)=NN23)cc1. The molecular formula is C26H25ClN2O4. The van der Waals surface area contributed by atoms with E-state index >= 15 is 0 Å². The van der Waals surface area contributed by atoms with E-state index < -0.39 is 0 Å². The molecule has 0 amide bonds. The van der Waals surface area contributed by atoms with Gasteiger partial charge in [-0.2, -0.15) is 5.10 Å². The largest absolute Gasteiger partial charge is 0.494 e. The molecule has 2 atom stereocenters. The molecular weight excluding hydrogens is 440 g/mol. The monoisotopic (exact) mass is 464 g/mol. The third-order valence-electron chi connectivity index (χ3n) is 5.94. The van der Waals surface area contributed by atoms with Gasteiger partial charge in [-0.3, -0.25) is 0 Å². The highest BCUT2D eigenvalue weighted by molar-refractivity contribution is 6.30. The van der Waals surface area contributed by atoms with Crippen molar-refractivity contribution in [3.05, 3.63) is 82.4 Å². The molecule has 170 valence electrons. The number of nitrogens with zero attached hydrogens (tertiary/aromatic N) is 2. The van der Waals surface area contributed by atoms with Crippen LogP contribution in [0.1, 0.15) is 42.3 Å². The highest BCUT2D eigenvalue weighted by atomic mass is 35.5. The summed E-state index contributed by atoms with van der Waals surface area (Å²) in [6, 6.07) is 19.6. The molecule has 5 rings (SSSR count). The Morgan fingerprint density at radius 3 is 2.52 bits per heavy atom. The molecule has 3 aromatic rings. The molecule has 6 nitrogen and oxygen atoms in total. The first-order chi connectivity index (χ1) is 16.1. The van der Waals surface area contributed by atoms with Gasteiger partial charge in [0, 0.05) is 28.1 Å². The van der Waals surface area contributed by atoms with E-state index in [1.807, 2.05) is 72.6 Å². The van der Waals surface area contributed by atoms with Gasteiger partial charge in [-0.15, -0.1) is 0 Å². The molecule has 0 unspecified atom stereocenters. The molecule has 0 fully saturated rings. The number of hydrazone groups is 1. The van der Waals surface area contributed by atoms with Crippen LogP contribution >= 0.6 is 11.6 Å². The minimum atomic E-state index is -0.364. The van der Waals surface area contributed by atoms with Crippen molar-refractivity contribution in [3.8, 4) is 23.0 Å². The third-order valence-corrected chi connectivity index (χ3v) is 6.18. The molecule has 33 heavy (non-hydrogen) atoms. The zero-order valence-electron chi connectivity index (χ0n) is 18.7. The van der Waals surface area contributed by atoms with Gasteiger partial charge in [0.25, 0.3) is 0 Å². The summed E-state index contributed by atoms with van der Waals surface area (Å²) in [7, 11) is 3.26. The Kier molecular flexibility index (Phi) is 5.77. The fourth-order valence-corrected chi connectivity index (χ4v) is 4.54. The van der Waals surface area contributed by atoms with Crippen molar-refractivity contribution in [3.63, 3.8) is 0 Å². The summed E-state index contributed by atoms with van der Waals surface area (Å²) in [4.78, 5) is 0. The van der Waals surface area contributed by atoms with Crippen LogP contribution in [-0.4, -0.2) is 31.5 Å². The molecule has 2 aliphatic heterocycles. The lowest BCUT2D eigenvalue weighted by atomic mass is 9.95. The second-order valence-electron chi connectivity index (χ2n) is 7.87. The zero-order chi connectivity index (χ0) is 22.9. The van der Waals surface area contributed by atoms with Crippen LogP contribution < -0.4 is 18.9 Å². The Bertz CT molecular complexity index is 1200. The maximum Gasteiger partial charge on any atom is 0.213 e. The molecule has 0 saturated carbocycles. The normalized spacial score (nSPS) is 18.7. The molecule has 0 aromatic heterocycles. The first-order valence-corrected chi connectivity index (χ1v) is 11.3. The fraction of sp³-hybridized carbons (Fsp3) is 0.269. The molecule has 2 aliphatic rings. The number of hydrogen-bond acceptors (Lipinski definition) is 6. The Morgan fingerprint density at radius 1 is 1.00 bits per heavy atom. The summed E-state index contributed by atoms with van der Waals surface area (Å²) in [5, 5.41) is 7.72. The van der Waals surface area contributed by atoms with Crippen LogP contribution in [0.25, 0.3) is 0 Å². The van der Waals surface area contributed by atoms with Gasteiger partial charge in [-0.1, -0.05) is 11.6 Å². The van der Waals surface area contributed by atoms with Crippen LogP contribution in [0.4, 0.5) is 0 Å². The highest BCUT2D eigenvalue weighted by Crippen LogP contribution is 2.48. The van der Waals surface area contributed by atoms with Crippen molar-refractivity contribution in [2.75, 3.05) is 20.8 Å². The zero-order valence-corrected chi connectivity index (χ0v) is 19.5. The highest BCUT2D eigenvalue weighted by Gasteiger charge is 2.41. The summed E-state index contributed by atoms with van der Waals surface area (Å²) in [5.74, 6) is 3.01. The summed E-state index contributed by atoms with van der Waals surface area (Å²) in [5.41, 5.74) is 3.97. The van der Waals surface area contributed by atoms with Crippen LogP contribution in [-0.2, 0) is 0 Å². The van der Waals surface area contributed by atoms with E-state index in [1.54, 1.807) is 14.2 Å². The maximum atomic E-state index is 6.43. The maximum absolute atomic E-state index is 6.43. The topological polar surface area (TPSA) is 52.5 Å². The van der Waals surface area contributed by atoms with Gasteiger partial charge in [-0.25, -0.2) is 5.01 Å².